The lowest BCUT2D eigenvalue weighted by Gasteiger charge is -2.35. The summed E-state index contributed by atoms with van der Waals surface area (Å²) < 4.78 is 98.8. The summed E-state index contributed by atoms with van der Waals surface area (Å²) in [5, 5.41) is 1.54. The Morgan fingerprint density at radius 1 is 0.946 bits per heavy atom. The highest BCUT2D eigenvalue weighted by atomic mass is 19.4. The SMILES string of the molecule is CC1(C)CC(=O)C2=C(C1)N(c1cccc(C(F)(F)F)c1)C(=O)[C@]2(NC(=O)c1ccccc1F)C(F)(F)F. The molecule has 37 heavy (non-hydrogen) atoms. The van der Waals surface area contributed by atoms with Crippen LogP contribution >= 0.6 is 0 Å². The topological polar surface area (TPSA) is 66.5 Å². The molecule has 2 aromatic rings. The van der Waals surface area contributed by atoms with Gasteiger partial charge in [-0.2, -0.15) is 26.3 Å². The normalized spacial score (nSPS) is 21.8. The number of carbonyl (C=O) groups excluding carboxylic acids is 3. The molecular formula is C25H19F7N2O3. The number of anilines is 1. The van der Waals surface area contributed by atoms with Crippen molar-refractivity contribution in [2.75, 3.05) is 4.90 Å². The summed E-state index contributed by atoms with van der Waals surface area (Å²) in [7, 11) is 0. The molecule has 0 fully saturated rings. The molecule has 2 amide bonds. The lowest BCUT2D eigenvalue weighted by Crippen LogP contribution is -2.66. The third kappa shape index (κ3) is 4.27. The molecular weight excluding hydrogens is 509 g/mol. The van der Waals surface area contributed by atoms with Crippen LogP contribution in [0, 0.1) is 11.2 Å². The van der Waals surface area contributed by atoms with Gasteiger partial charge in [0.2, 0.25) is 5.54 Å². The van der Waals surface area contributed by atoms with Gasteiger partial charge in [0, 0.05) is 17.8 Å². The molecule has 0 aromatic heterocycles. The van der Waals surface area contributed by atoms with E-state index in [-0.39, 0.29) is 6.42 Å². The van der Waals surface area contributed by atoms with Crippen LogP contribution in [0.4, 0.5) is 36.4 Å². The third-order valence-corrected chi connectivity index (χ3v) is 6.30. The van der Waals surface area contributed by atoms with Gasteiger partial charge in [-0.25, -0.2) is 4.39 Å². The quantitative estimate of drug-likeness (QED) is 0.531. The zero-order chi connectivity index (χ0) is 27.6. The third-order valence-electron chi connectivity index (χ3n) is 6.30. The van der Waals surface area contributed by atoms with Crippen molar-refractivity contribution >= 4 is 23.3 Å². The second-order valence-electron chi connectivity index (χ2n) is 9.63. The van der Waals surface area contributed by atoms with Gasteiger partial charge in [0.25, 0.3) is 11.8 Å². The molecule has 0 bridgehead atoms. The molecule has 1 heterocycles. The van der Waals surface area contributed by atoms with Gasteiger partial charge in [0.15, 0.2) is 5.78 Å². The van der Waals surface area contributed by atoms with Crippen LogP contribution in [0.25, 0.3) is 0 Å². The zero-order valence-electron chi connectivity index (χ0n) is 19.4. The van der Waals surface area contributed by atoms with Crippen LogP contribution in [-0.4, -0.2) is 29.3 Å². The van der Waals surface area contributed by atoms with Crippen molar-refractivity contribution in [3.63, 3.8) is 0 Å². The van der Waals surface area contributed by atoms with Crippen molar-refractivity contribution in [2.24, 2.45) is 5.41 Å². The number of ketones is 1. The van der Waals surface area contributed by atoms with Crippen molar-refractivity contribution in [1.82, 2.24) is 5.32 Å². The Morgan fingerprint density at radius 2 is 1.59 bits per heavy atom. The Labute approximate surface area is 205 Å². The molecule has 1 atom stereocenters. The maximum Gasteiger partial charge on any atom is 0.425 e. The molecule has 5 nitrogen and oxygen atoms in total. The highest BCUT2D eigenvalue weighted by Crippen LogP contribution is 2.53. The van der Waals surface area contributed by atoms with Crippen LogP contribution in [0.15, 0.2) is 59.8 Å². The molecule has 1 aliphatic carbocycles. The van der Waals surface area contributed by atoms with Crippen LogP contribution in [-0.2, 0) is 15.8 Å². The van der Waals surface area contributed by atoms with Crippen molar-refractivity contribution in [3.05, 3.63) is 76.7 Å². The Kier molecular flexibility index (Phi) is 6.00. The minimum atomic E-state index is -5.61. The molecule has 0 saturated carbocycles. The Bertz CT molecular complexity index is 1340. The number of carbonyl (C=O) groups is 3. The molecule has 0 unspecified atom stereocenters. The number of allylic oxidation sites excluding steroid dienone is 1. The highest BCUT2D eigenvalue weighted by Gasteiger charge is 2.72. The second-order valence-corrected chi connectivity index (χ2v) is 9.63. The predicted octanol–water partition coefficient (Wildman–Crippen LogP) is 5.57. The minimum Gasteiger partial charge on any atom is -0.326 e. The van der Waals surface area contributed by atoms with E-state index in [1.54, 1.807) is 19.2 Å². The van der Waals surface area contributed by atoms with Crippen molar-refractivity contribution in [2.45, 2.75) is 44.6 Å². The average molecular weight is 528 g/mol. The first-order chi connectivity index (χ1) is 17.0. The molecule has 0 radical (unpaired) electrons. The van der Waals surface area contributed by atoms with Crippen molar-refractivity contribution < 1.29 is 45.1 Å². The van der Waals surface area contributed by atoms with Gasteiger partial charge in [-0.15, -0.1) is 0 Å². The first kappa shape index (κ1) is 26.4. The number of nitrogens with one attached hydrogen (secondary N) is 1. The smallest absolute Gasteiger partial charge is 0.326 e. The van der Waals surface area contributed by atoms with E-state index in [9.17, 15) is 45.1 Å². The van der Waals surface area contributed by atoms with Crippen molar-refractivity contribution in [3.8, 4) is 0 Å². The summed E-state index contributed by atoms with van der Waals surface area (Å²) in [6, 6.07) is 7.14. The standard InChI is InChI=1S/C25H19F7N2O3/c1-22(2)11-17-19(18(35)12-22)23(25(30,31)32,33-20(36)15-8-3-4-9-16(15)26)21(37)34(17)14-7-5-6-13(10-14)24(27,28)29/h3-10H,11-12H2,1-2H3,(H,33,36)/t23-/m0/s1. The Hall–Kier alpha value is -3.70. The molecule has 1 aliphatic heterocycles. The Balaban J connectivity index is 1.97. The van der Waals surface area contributed by atoms with Crippen LogP contribution < -0.4 is 10.2 Å². The van der Waals surface area contributed by atoms with Gasteiger partial charge in [-0.3, -0.25) is 19.3 Å². The Morgan fingerprint density at radius 3 is 2.19 bits per heavy atom. The maximum absolute atomic E-state index is 14.8. The molecule has 4 rings (SSSR count). The van der Waals surface area contributed by atoms with Crippen LogP contribution in [0.5, 0.6) is 0 Å². The number of benzene rings is 2. The van der Waals surface area contributed by atoms with E-state index in [4.69, 9.17) is 0 Å². The fourth-order valence-electron chi connectivity index (χ4n) is 4.73. The van der Waals surface area contributed by atoms with Gasteiger partial charge in [-0.1, -0.05) is 32.0 Å². The number of halogens is 7. The van der Waals surface area contributed by atoms with Crippen LogP contribution in [0.3, 0.4) is 0 Å². The number of hydrogen-bond acceptors (Lipinski definition) is 3. The van der Waals surface area contributed by atoms with E-state index in [1.165, 1.54) is 12.1 Å². The van der Waals surface area contributed by atoms with E-state index in [0.717, 1.165) is 24.3 Å². The second kappa shape index (κ2) is 8.42. The van der Waals surface area contributed by atoms with Gasteiger partial charge in [0.1, 0.15) is 5.82 Å². The first-order valence-corrected chi connectivity index (χ1v) is 10.9. The summed E-state index contributed by atoms with van der Waals surface area (Å²) in [5.74, 6) is -5.80. The number of alkyl halides is 6. The van der Waals surface area contributed by atoms with E-state index in [1.807, 2.05) is 0 Å². The molecule has 1 N–H and O–H groups in total. The zero-order valence-corrected chi connectivity index (χ0v) is 19.4. The molecule has 2 aromatic carbocycles. The monoisotopic (exact) mass is 528 g/mol. The van der Waals surface area contributed by atoms with E-state index in [0.29, 0.717) is 17.0 Å². The van der Waals surface area contributed by atoms with E-state index in [2.05, 4.69) is 0 Å². The molecule has 12 heteroatoms. The predicted molar refractivity (Wildman–Crippen MR) is 117 cm³/mol. The maximum atomic E-state index is 14.8. The highest BCUT2D eigenvalue weighted by molar-refractivity contribution is 6.21. The molecule has 0 saturated heterocycles. The number of amides is 2. The summed E-state index contributed by atoms with van der Waals surface area (Å²) >= 11 is 0. The van der Waals surface area contributed by atoms with Crippen LogP contribution in [0.1, 0.15) is 42.6 Å². The number of rotatable bonds is 3. The van der Waals surface area contributed by atoms with Gasteiger partial charge < -0.3 is 5.32 Å². The number of nitrogens with zero attached hydrogens (tertiary/aromatic N) is 1. The lowest BCUT2D eigenvalue weighted by molar-refractivity contribution is -0.186. The largest absolute Gasteiger partial charge is 0.425 e. The van der Waals surface area contributed by atoms with Crippen molar-refractivity contribution in [1.29, 1.82) is 0 Å². The summed E-state index contributed by atoms with van der Waals surface area (Å²) in [4.78, 5) is 40.0. The molecule has 0 spiro atoms. The summed E-state index contributed by atoms with van der Waals surface area (Å²) in [6.45, 7) is 3.10. The number of Topliss-reactive ketones (excluding diaryl/α,β-unsaturated/α-hetero) is 1. The summed E-state index contributed by atoms with van der Waals surface area (Å²) in [6.07, 6.45) is -11.2. The van der Waals surface area contributed by atoms with Crippen LogP contribution in [0.2, 0.25) is 0 Å². The minimum absolute atomic E-state index is 0.288. The van der Waals surface area contributed by atoms with Gasteiger partial charge in [0.05, 0.1) is 16.7 Å². The fraction of sp³-hybridized carbons (Fsp3) is 0.320. The van der Waals surface area contributed by atoms with E-state index < -0.39 is 81.2 Å². The summed E-state index contributed by atoms with van der Waals surface area (Å²) in [5.41, 5.74) is -9.08. The average Bonchev–Trinajstić information content (AvgIpc) is 3.01. The molecule has 2 aliphatic rings. The molecule has 196 valence electrons. The fourth-order valence-corrected chi connectivity index (χ4v) is 4.73. The van der Waals surface area contributed by atoms with E-state index >= 15 is 0 Å². The van der Waals surface area contributed by atoms with Gasteiger partial charge >= 0.3 is 12.4 Å². The first-order valence-electron chi connectivity index (χ1n) is 10.9. The lowest BCUT2D eigenvalue weighted by atomic mass is 9.72. The van der Waals surface area contributed by atoms with Gasteiger partial charge in [-0.05, 0) is 42.2 Å². The number of hydrogen-bond donors (Lipinski definition) is 1.